The molecule has 1 unspecified atom stereocenters. The summed E-state index contributed by atoms with van der Waals surface area (Å²) in [5.74, 6) is 0.232. The fourth-order valence-corrected chi connectivity index (χ4v) is 4.07. The summed E-state index contributed by atoms with van der Waals surface area (Å²) < 4.78 is 38.0. The second-order valence-electron chi connectivity index (χ2n) is 5.73. The maximum absolute atomic E-state index is 12.1. The van der Waals surface area contributed by atoms with E-state index in [1.807, 2.05) is 12.1 Å². The number of hydrogen-bond acceptors (Lipinski definition) is 6. The number of benzene rings is 2. The monoisotopic (exact) mass is 452 g/mol. The number of halogens is 1. The lowest BCUT2D eigenvalue weighted by molar-refractivity contribution is -0.145. The molecule has 1 atom stereocenters. The highest BCUT2D eigenvalue weighted by atomic mass is 79.9. The number of rotatable bonds is 6. The Hall–Kier alpha value is -2.39. The van der Waals surface area contributed by atoms with E-state index in [0.29, 0.717) is 11.3 Å². The van der Waals surface area contributed by atoms with Gasteiger partial charge in [-0.25, -0.2) is 13.2 Å². The average Bonchev–Trinajstić information content (AvgIpc) is 2.89. The maximum Gasteiger partial charge on any atom is 0.330 e. The van der Waals surface area contributed by atoms with E-state index in [9.17, 15) is 13.2 Å². The number of amidine groups is 1. The molecule has 0 fully saturated rings. The number of fused-ring (bicyclic) bond motifs is 1. The van der Waals surface area contributed by atoms with Crippen LogP contribution in [0.5, 0.6) is 5.75 Å². The van der Waals surface area contributed by atoms with Crippen molar-refractivity contribution in [1.82, 2.24) is 4.72 Å². The summed E-state index contributed by atoms with van der Waals surface area (Å²) in [4.78, 5) is 16.4. The van der Waals surface area contributed by atoms with Crippen molar-refractivity contribution in [3.63, 3.8) is 0 Å². The number of nitrogens with one attached hydrogen (secondary N) is 1. The van der Waals surface area contributed by atoms with Crippen LogP contribution in [0.4, 0.5) is 0 Å². The quantitative estimate of drug-likeness (QED) is 0.536. The summed E-state index contributed by atoms with van der Waals surface area (Å²) in [5.41, 5.74) is 0.440. The fourth-order valence-electron chi connectivity index (χ4n) is 2.46. The van der Waals surface area contributed by atoms with Crippen LogP contribution in [0.1, 0.15) is 12.5 Å². The molecule has 2 aromatic carbocycles. The number of hydrogen-bond donors (Lipinski definition) is 1. The van der Waals surface area contributed by atoms with Gasteiger partial charge in [-0.05, 0) is 37.3 Å². The van der Waals surface area contributed by atoms with Crippen molar-refractivity contribution in [2.24, 2.45) is 4.99 Å². The first-order valence-electron chi connectivity index (χ1n) is 8.12. The minimum atomic E-state index is -3.64. The molecule has 7 nitrogen and oxygen atoms in total. The molecule has 2 aromatic rings. The Kier molecular flexibility index (Phi) is 5.81. The number of carbonyl (C=O) groups excluding carboxylic acids is 1. The molecule has 0 radical (unpaired) electrons. The third kappa shape index (κ3) is 4.67. The summed E-state index contributed by atoms with van der Waals surface area (Å²) in [6.45, 7) is 1.80. The SMILES string of the molecule is CC(N=C1NS(=O)(=O)c2ccccc21)C(=O)OCCOc1cccc(Br)c1. The molecule has 1 heterocycles. The zero-order chi connectivity index (χ0) is 19.4. The van der Waals surface area contributed by atoms with Crippen molar-refractivity contribution >= 4 is 37.8 Å². The Morgan fingerprint density at radius 1 is 1.19 bits per heavy atom. The summed E-state index contributed by atoms with van der Waals surface area (Å²) in [7, 11) is -3.64. The standard InChI is InChI=1S/C18H17BrN2O5S/c1-12(18(22)26-10-9-25-14-6-4-5-13(19)11-14)20-17-15-7-2-3-8-16(15)27(23,24)21-17/h2-8,11-12H,9-10H2,1H3,(H,20,21). The van der Waals surface area contributed by atoms with Gasteiger partial charge in [0.25, 0.3) is 10.0 Å². The van der Waals surface area contributed by atoms with Crippen molar-refractivity contribution in [3.8, 4) is 5.75 Å². The molecule has 27 heavy (non-hydrogen) atoms. The van der Waals surface area contributed by atoms with Gasteiger partial charge in [0.1, 0.15) is 30.8 Å². The topological polar surface area (TPSA) is 94.1 Å². The molecule has 9 heteroatoms. The zero-order valence-electron chi connectivity index (χ0n) is 14.4. The molecule has 1 N–H and O–H groups in total. The van der Waals surface area contributed by atoms with Crippen molar-refractivity contribution in [3.05, 3.63) is 58.6 Å². The molecule has 0 spiro atoms. The van der Waals surface area contributed by atoms with E-state index in [-0.39, 0.29) is 23.9 Å². The minimum Gasteiger partial charge on any atom is -0.490 e. The van der Waals surface area contributed by atoms with E-state index >= 15 is 0 Å². The number of carbonyl (C=O) groups is 1. The van der Waals surface area contributed by atoms with Gasteiger partial charge in [0.2, 0.25) is 0 Å². The van der Waals surface area contributed by atoms with Crippen LogP contribution in [0.3, 0.4) is 0 Å². The van der Waals surface area contributed by atoms with Gasteiger partial charge in [-0.3, -0.25) is 9.71 Å². The normalized spacial score (nSPS) is 17.0. The van der Waals surface area contributed by atoms with Crippen LogP contribution in [0.25, 0.3) is 0 Å². The molecule has 0 saturated heterocycles. The lowest BCUT2D eigenvalue weighted by Gasteiger charge is -2.10. The van der Waals surface area contributed by atoms with E-state index in [0.717, 1.165) is 4.47 Å². The summed E-state index contributed by atoms with van der Waals surface area (Å²) in [5, 5.41) is 0. The zero-order valence-corrected chi connectivity index (χ0v) is 16.8. The lowest BCUT2D eigenvalue weighted by Crippen LogP contribution is -2.27. The molecule has 0 amide bonds. The van der Waals surface area contributed by atoms with Gasteiger partial charge in [0.05, 0.1) is 4.90 Å². The molecule has 0 aliphatic carbocycles. The van der Waals surface area contributed by atoms with Crippen LogP contribution in [0, 0.1) is 0 Å². The molecule has 1 aliphatic heterocycles. The number of aliphatic imine (C=N–C) groups is 1. The predicted molar refractivity (Wildman–Crippen MR) is 103 cm³/mol. The average molecular weight is 453 g/mol. The van der Waals surface area contributed by atoms with E-state index in [2.05, 4.69) is 25.6 Å². The van der Waals surface area contributed by atoms with Gasteiger partial charge >= 0.3 is 5.97 Å². The van der Waals surface area contributed by atoms with Gasteiger partial charge in [0, 0.05) is 10.0 Å². The number of sulfonamides is 1. The third-order valence-corrected chi connectivity index (χ3v) is 5.61. The first-order chi connectivity index (χ1) is 12.9. The number of nitrogens with zero attached hydrogens (tertiary/aromatic N) is 1. The molecule has 3 rings (SSSR count). The van der Waals surface area contributed by atoms with E-state index in [4.69, 9.17) is 9.47 Å². The lowest BCUT2D eigenvalue weighted by atomic mass is 10.2. The van der Waals surface area contributed by atoms with E-state index in [1.165, 1.54) is 6.07 Å². The minimum absolute atomic E-state index is 0.0584. The van der Waals surface area contributed by atoms with Crippen LogP contribution >= 0.6 is 15.9 Å². The maximum atomic E-state index is 12.1. The second kappa shape index (κ2) is 8.10. The Morgan fingerprint density at radius 3 is 2.74 bits per heavy atom. The van der Waals surface area contributed by atoms with Crippen LogP contribution in [-0.2, 0) is 19.6 Å². The van der Waals surface area contributed by atoms with E-state index in [1.54, 1.807) is 37.3 Å². The second-order valence-corrected chi connectivity index (χ2v) is 8.30. The highest BCUT2D eigenvalue weighted by Gasteiger charge is 2.31. The van der Waals surface area contributed by atoms with Crippen LogP contribution in [-0.4, -0.2) is 39.5 Å². The third-order valence-electron chi connectivity index (χ3n) is 3.72. The Bertz CT molecular complexity index is 991. The summed E-state index contributed by atoms with van der Waals surface area (Å²) in [6, 6.07) is 12.9. The first-order valence-corrected chi connectivity index (χ1v) is 10.4. The molecule has 0 aromatic heterocycles. The molecular formula is C18H17BrN2O5S. The Morgan fingerprint density at radius 2 is 1.96 bits per heavy atom. The number of esters is 1. The Labute approximate surface area is 165 Å². The van der Waals surface area contributed by atoms with Crippen LogP contribution in [0.2, 0.25) is 0 Å². The first kappa shape index (κ1) is 19.4. The number of ether oxygens (including phenoxy) is 2. The highest BCUT2D eigenvalue weighted by molar-refractivity contribution is 9.10. The largest absolute Gasteiger partial charge is 0.490 e. The summed E-state index contributed by atoms with van der Waals surface area (Å²) >= 11 is 3.35. The molecule has 0 bridgehead atoms. The molecular weight excluding hydrogens is 436 g/mol. The smallest absolute Gasteiger partial charge is 0.330 e. The van der Waals surface area contributed by atoms with Gasteiger partial charge < -0.3 is 9.47 Å². The molecule has 0 saturated carbocycles. The summed E-state index contributed by atoms with van der Waals surface area (Å²) in [6.07, 6.45) is 0. The van der Waals surface area contributed by atoms with Crippen molar-refractivity contribution < 1.29 is 22.7 Å². The van der Waals surface area contributed by atoms with Crippen LogP contribution in [0.15, 0.2) is 62.9 Å². The van der Waals surface area contributed by atoms with Gasteiger partial charge in [-0.15, -0.1) is 0 Å². The fraction of sp³-hybridized carbons (Fsp3) is 0.222. The Balaban J connectivity index is 1.56. The highest BCUT2D eigenvalue weighted by Crippen LogP contribution is 2.22. The van der Waals surface area contributed by atoms with Gasteiger partial charge in [-0.1, -0.05) is 34.1 Å². The van der Waals surface area contributed by atoms with Crippen molar-refractivity contribution in [2.75, 3.05) is 13.2 Å². The molecule has 1 aliphatic rings. The van der Waals surface area contributed by atoms with Gasteiger partial charge in [-0.2, -0.15) is 0 Å². The molecule has 142 valence electrons. The van der Waals surface area contributed by atoms with Crippen molar-refractivity contribution in [1.29, 1.82) is 0 Å². The predicted octanol–water partition coefficient (Wildman–Crippen LogP) is 2.50. The van der Waals surface area contributed by atoms with Crippen LogP contribution < -0.4 is 9.46 Å². The van der Waals surface area contributed by atoms with Crippen molar-refractivity contribution in [2.45, 2.75) is 17.9 Å². The van der Waals surface area contributed by atoms with E-state index < -0.39 is 22.0 Å². The van der Waals surface area contributed by atoms with Gasteiger partial charge in [0.15, 0.2) is 0 Å².